The average Bonchev–Trinajstić information content (AvgIpc) is 3.00. The highest BCUT2D eigenvalue weighted by molar-refractivity contribution is 7.99. The van der Waals surface area contributed by atoms with Crippen molar-refractivity contribution in [1.82, 2.24) is 0 Å². The SMILES string of the molecule is CCSc1ccc(C2(CO)CC2)cc1. The van der Waals surface area contributed by atoms with Gasteiger partial charge in [0.1, 0.15) is 0 Å². The van der Waals surface area contributed by atoms with E-state index in [0.717, 1.165) is 18.6 Å². The topological polar surface area (TPSA) is 20.2 Å². The lowest BCUT2D eigenvalue weighted by Crippen LogP contribution is -2.11. The van der Waals surface area contributed by atoms with Gasteiger partial charge in [-0.3, -0.25) is 0 Å². The number of aliphatic hydroxyl groups excluding tert-OH is 1. The number of aliphatic hydroxyl groups is 1. The van der Waals surface area contributed by atoms with Crippen molar-refractivity contribution in [3.63, 3.8) is 0 Å². The maximum Gasteiger partial charge on any atom is 0.0527 e. The highest BCUT2D eigenvalue weighted by atomic mass is 32.2. The van der Waals surface area contributed by atoms with E-state index < -0.39 is 0 Å². The van der Waals surface area contributed by atoms with Crippen LogP contribution in [0.5, 0.6) is 0 Å². The summed E-state index contributed by atoms with van der Waals surface area (Å²) in [5.41, 5.74) is 1.43. The van der Waals surface area contributed by atoms with Gasteiger partial charge in [-0.05, 0) is 36.3 Å². The van der Waals surface area contributed by atoms with Crippen LogP contribution in [-0.4, -0.2) is 17.5 Å². The molecule has 1 nitrogen and oxygen atoms in total. The molecule has 0 heterocycles. The summed E-state index contributed by atoms with van der Waals surface area (Å²) in [5.74, 6) is 1.12. The van der Waals surface area contributed by atoms with Gasteiger partial charge in [-0.15, -0.1) is 11.8 Å². The van der Waals surface area contributed by atoms with E-state index in [2.05, 4.69) is 31.2 Å². The van der Waals surface area contributed by atoms with Gasteiger partial charge in [0.2, 0.25) is 0 Å². The van der Waals surface area contributed by atoms with Gasteiger partial charge in [-0.1, -0.05) is 19.1 Å². The first kappa shape index (κ1) is 10.1. The summed E-state index contributed by atoms with van der Waals surface area (Å²) in [4.78, 5) is 1.32. The van der Waals surface area contributed by atoms with Gasteiger partial charge >= 0.3 is 0 Å². The Morgan fingerprint density at radius 2 is 1.93 bits per heavy atom. The van der Waals surface area contributed by atoms with E-state index in [0.29, 0.717) is 6.61 Å². The first-order valence-corrected chi connectivity index (χ1v) is 6.13. The van der Waals surface area contributed by atoms with E-state index in [1.165, 1.54) is 10.5 Å². The molecule has 0 radical (unpaired) electrons. The molecule has 1 N–H and O–H groups in total. The predicted octanol–water partition coefficient (Wildman–Crippen LogP) is 2.82. The van der Waals surface area contributed by atoms with E-state index in [4.69, 9.17) is 0 Å². The summed E-state index contributed by atoms with van der Waals surface area (Å²) in [6.07, 6.45) is 2.29. The Morgan fingerprint density at radius 1 is 1.29 bits per heavy atom. The van der Waals surface area contributed by atoms with Crippen LogP contribution in [0.1, 0.15) is 25.3 Å². The molecule has 0 aliphatic heterocycles. The lowest BCUT2D eigenvalue weighted by atomic mass is 9.97. The minimum Gasteiger partial charge on any atom is -0.395 e. The van der Waals surface area contributed by atoms with Gasteiger partial charge in [0.05, 0.1) is 6.61 Å². The molecule has 0 unspecified atom stereocenters. The minimum atomic E-state index is 0.120. The normalized spacial score (nSPS) is 18.1. The summed E-state index contributed by atoms with van der Waals surface area (Å²) < 4.78 is 0. The molecular formula is C12H16OS. The van der Waals surface area contributed by atoms with E-state index in [1.807, 2.05) is 11.8 Å². The van der Waals surface area contributed by atoms with Crippen LogP contribution < -0.4 is 0 Å². The molecule has 0 atom stereocenters. The zero-order chi connectivity index (χ0) is 10.0. The second kappa shape index (κ2) is 3.95. The number of thioether (sulfide) groups is 1. The summed E-state index contributed by atoms with van der Waals surface area (Å²) >= 11 is 1.86. The molecule has 1 fully saturated rings. The number of hydrogen-bond acceptors (Lipinski definition) is 2. The second-order valence-electron chi connectivity index (χ2n) is 3.90. The molecule has 0 saturated heterocycles. The summed E-state index contributed by atoms with van der Waals surface area (Å²) in [6.45, 7) is 2.46. The van der Waals surface area contributed by atoms with Crippen LogP contribution in [0.2, 0.25) is 0 Å². The van der Waals surface area contributed by atoms with Gasteiger partial charge in [-0.25, -0.2) is 0 Å². The molecule has 2 heteroatoms. The third kappa shape index (κ3) is 1.82. The Kier molecular flexibility index (Phi) is 2.84. The van der Waals surface area contributed by atoms with Crippen molar-refractivity contribution in [1.29, 1.82) is 0 Å². The van der Waals surface area contributed by atoms with Gasteiger partial charge in [0.25, 0.3) is 0 Å². The van der Waals surface area contributed by atoms with E-state index in [9.17, 15) is 5.11 Å². The third-order valence-corrected chi connectivity index (χ3v) is 3.83. The van der Waals surface area contributed by atoms with Crippen LogP contribution in [0.25, 0.3) is 0 Å². The highest BCUT2D eigenvalue weighted by Gasteiger charge is 2.43. The number of benzene rings is 1. The fourth-order valence-corrected chi connectivity index (χ4v) is 2.42. The molecule has 1 aromatic rings. The summed E-state index contributed by atoms with van der Waals surface area (Å²) in [7, 11) is 0. The molecule has 1 aromatic carbocycles. The van der Waals surface area contributed by atoms with Gasteiger partial charge in [0.15, 0.2) is 0 Å². The lowest BCUT2D eigenvalue weighted by molar-refractivity contribution is 0.255. The van der Waals surface area contributed by atoms with Crippen LogP contribution in [0.3, 0.4) is 0 Å². The Labute approximate surface area is 89.5 Å². The first-order chi connectivity index (χ1) is 6.80. The second-order valence-corrected chi connectivity index (χ2v) is 5.23. The maximum absolute atomic E-state index is 9.28. The van der Waals surface area contributed by atoms with Crippen LogP contribution in [0, 0.1) is 0 Å². The fraction of sp³-hybridized carbons (Fsp3) is 0.500. The molecule has 2 rings (SSSR count). The molecule has 0 spiro atoms. The Morgan fingerprint density at radius 3 is 2.36 bits per heavy atom. The molecule has 1 aliphatic rings. The van der Waals surface area contributed by atoms with Crippen LogP contribution in [-0.2, 0) is 5.41 Å². The van der Waals surface area contributed by atoms with Gasteiger partial charge in [-0.2, -0.15) is 0 Å². The maximum atomic E-state index is 9.28. The van der Waals surface area contributed by atoms with Crippen molar-refractivity contribution in [2.75, 3.05) is 12.4 Å². The Bertz CT molecular complexity index is 301. The molecule has 0 aromatic heterocycles. The van der Waals surface area contributed by atoms with Crippen LogP contribution in [0.4, 0.5) is 0 Å². The van der Waals surface area contributed by atoms with Crippen molar-refractivity contribution in [3.8, 4) is 0 Å². The van der Waals surface area contributed by atoms with E-state index >= 15 is 0 Å². The molecule has 76 valence electrons. The molecule has 0 bridgehead atoms. The smallest absolute Gasteiger partial charge is 0.0527 e. The highest BCUT2D eigenvalue weighted by Crippen LogP contribution is 2.47. The van der Waals surface area contributed by atoms with Crippen molar-refractivity contribution >= 4 is 11.8 Å². The summed E-state index contributed by atoms with van der Waals surface area (Å²) in [6, 6.07) is 8.67. The minimum absolute atomic E-state index is 0.120. The predicted molar refractivity (Wildman–Crippen MR) is 60.8 cm³/mol. The number of rotatable bonds is 4. The third-order valence-electron chi connectivity index (χ3n) is 2.93. The fourth-order valence-electron chi connectivity index (χ4n) is 1.76. The largest absolute Gasteiger partial charge is 0.395 e. The number of hydrogen-bond donors (Lipinski definition) is 1. The lowest BCUT2D eigenvalue weighted by Gasteiger charge is -2.12. The standard InChI is InChI=1S/C12H16OS/c1-2-14-11-5-3-10(4-6-11)12(9-13)7-8-12/h3-6,13H,2,7-9H2,1H3. The first-order valence-electron chi connectivity index (χ1n) is 5.15. The zero-order valence-electron chi connectivity index (χ0n) is 8.49. The van der Waals surface area contributed by atoms with Crippen molar-refractivity contribution < 1.29 is 5.11 Å². The average molecular weight is 208 g/mol. The molecule has 1 saturated carbocycles. The molecule has 14 heavy (non-hydrogen) atoms. The van der Waals surface area contributed by atoms with Crippen LogP contribution in [0.15, 0.2) is 29.2 Å². The van der Waals surface area contributed by atoms with Gasteiger partial charge in [0, 0.05) is 10.3 Å². The molecule has 0 amide bonds. The molecule has 1 aliphatic carbocycles. The Hall–Kier alpha value is -0.470. The Balaban J connectivity index is 2.14. The van der Waals surface area contributed by atoms with E-state index in [-0.39, 0.29) is 5.41 Å². The monoisotopic (exact) mass is 208 g/mol. The molecular weight excluding hydrogens is 192 g/mol. The summed E-state index contributed by atoms with van der Waals surface area (Å²) in [5, 5.41) is 9.28. The van der Waals surface area contributed by atoms with Crippen molar-refractivity contribution in [2.45, 2.75) is 30.1 Å². The van der Waals surface area contributed by atoms with E-state index in [1.54, 1.807) is 0 Å². The quantitative estimate of drug-likeness (QED) is 0.768. The van der Waals surface area contributed by atoms with Crippen molar-refractivity contribution in [2.24, 2.45) is 0 Å². The van der Waals surface area contributed by atoms with Crippen LogP contribution >= 0.6 is 11.8 Å². The van der Waals surface area contributed by atoms with Gasteiger partial charge < -0.3 is 5.11 Å². The zero-order valence-corrected chi connectivity index (χ0v) is 9.31. The van der Waals surface area contributed by atoms with Crippen molar-refractivity contribution in [3.05, 3.63) is 29.8 Å².